The summed E-state index contributed by atoms with van der Waals surface area (Å²) in [7, 11) is 0. The number of hydrogen-bond acceptors (Lipinski definition) is 4. The highest BCUT2D eigenvalue weighted by Crippen LogP contribution is 2.37. The van der Waals surface area contributed by atoms with Gasteiger partial charge in [0.25, 0.3) is 5.91 Å². The van der Waals surface area contributed by atoms with E-state index in [1.807, 2.05) is 116 Å². The number of nitrogens with one attached hydrogen (secondary N) is 2. The van der Waals surface area contributed by atoms with Crippen LogP contribution < -0.4 is 15.4 Å². The molecule has 5 aromatic rings. The Balaban J connectivity index is 1.44. The average Bonchev–Trinajstić information content (AvgIpc) is 3.06. The zero-order chi connectivity index (χ0) is 30.0. The maximum absolute atomic E-state index is 14.1. The van der Waals surface area contributed by atoms with Crippen molar-refractivity contribution in [2.24, 2.45) is 0 Å². The third kappa shape index (κ3) is 7.22. The summed E-state index contributed by atoms with van der Waals surface area (Å²) >= 11 is 6.04. The Morgan fingerprint density at radius 1 is 0.837 bits per heavy atom. The Morgan fingerprint density at radius 3 is 2.21 bits per heavy atom. The number of carbonyl (C=O) groups is 2. The number of amides is 2. The zero-order valence-corrected chi connectivity index (χ0v) is 24.8. The van der Waals surface area contributed by atoms with Crippen molar-refractivity contribution in [1.29, 1.82) is 0 Å². The second kappa shape index (κ2) is 14.5. The van der Waals surface area contributed by atoms with Crippen LogP contribution >= 0.6 is 11.6 Å². The van der Waals surface area contributed by atoms with Gasteiger partial charge in [0.2, 0.25) is 5.91 Å². The van der Waals surface area contributed by atoms with Crippen LogP contribution in [-0.4, -0.2) is 29.9 Å². The van der Waals surface area contributed by atoms with Gasteiger partial charge in [0, 0.05) is 16.8 Å². The van der Waals surface area contributed by atoms with E-state index in [0.29, 0.717) is 33.8 Å². The van der Waals surface area contributed by atoms with Crippen LogP contribution in [0.25, 0.3) is 22.2 Å². The lowest BCUT2D eigenvalue weighted by atomic mass is 10.00. The first-order chi connectivity index (χ1) is 21.1. The molecule has 218 valence electrons. The van der Waals surface area contributed by atoms with E-state index in [1.165, 1.54) is 0 Å². The van der Waals surface area contributed by atoms with Gasteiger partial charge < -0.3 is 15.4 Å². The van der Waals surface area contributed by atoms with Gasteiger partial charge in [0.05, 0.1) is 30.1 Å². The summed E-state index contributed by atoms with van der Waals surface area (Å²) in [5, 5.41) is 6.86. The second-order valence-corrected chi connectivity index (χ2v) is 10.4. The minimum atomic E-state index is -0.247. The highest BCUT2D eigenvalue weighted by molar-refractivity contribution is 6.17. The molecule has 0 aliphatic rings. The molecule has 2 N–H and O–H groups in total. The van der Waals surface area contributed by atoms with Crippen LogP contribution in [0, 0.1) is 0 Å². The van der Waals surface area contributed by atoms with Gasteiger partial charge in [-0.3, -0.25) is 9.59 Å². The van der Waals surface area contributed by atoms with E-state index in [-0.39, 0.29) is 37.4 Å². The van der Waals surface area contributed by atoms with Crippen LogP contribution in [-0.2, 0) is 17.1 Å². The zero-order valence-electron chi connectivity index (χ0n) is 24.1. The molecule has 1 aromatic heterocycles. The lowest BCUT2D eigenvalue weighted by molar-refractivity contribution is -0.120. The summed E-state index contributed by atoms with van der Waals surface area (Å²) in [6, 6.07) is 34.6. The number of aromatic nitrogens is 1. The predicted octanol–water partition coefficient (Wildman–Crippen LogP) is 7.26. The largest absolute Gasteiger partial charge is 0.489 e. The monoisotopic (exact) mass is 591 g/mol. The minimum absolute atomic E-state index is 0.132. The summed E-state index contributed by atoms with van der Waals surface area (Å²) in [4.78, 5) is 31.8. The molecule has 0 aliphatic heterocycles. The van der Waals surface area contributed by atoms with Gasteiger partial charge in [-0.25, -0.2) is 4.98 Å². The van der Waals surface area contributed by atoms with Crippen LogP contribution in [0.15, 0.2) is 109 Å². The molecule has 0 saturated carbocycles. The van der Waals surface area contributed by atoms with Crippen molar-refractivity contribution < 1.29 is 14.3 Å². The molecule has 0 bridgehead atoms. The van der Waals surface area contributed by atoms with Crippen molar-refractivity contribution >= 4 is 34.3 Å². The SMILES string of the molecule is CCC(NC(=O)c1c(OCCNC(=O)Cc2ccccc2CCl)c(-c2ccccc2)nc2ccccc12)c1ccccc1. The first kappa shape index (κ1) is 29.8. The molecule has 0 radical (unpaired) electrons. The number of fused-ring (bicyclic) bond motifs is 1. The maximum Gasteiger partial charge on any atom is 0.256 e. The van der Waals surface area contributed by atoms with Crippen molar-refractivity contribution in [2.45, 2.75) is 31.7 Å². The second-order valence-electron chi connectivity index (χ2n) is 10.2. The molecule has 4 aromatic carbocycles. The van der Waals surface area contributed by atoms with E-state index in [1.54, 1.807) is 0 Å². The fourth-order valence-electron chi connectivity index (χ4n) is 5.13. The fraction of sp³-hybridized carbons (Fsp3) is 0.194. The van der Waals surface area contributed by atoms with E-state index in [2.05, 4.69) is 10.6 Å². The number of carbonyl (C=O) groups excluding carboxylic acids is 2. The van der Waals surface area contributed by atoms with Gasteiger partial charge in [-0.2, -0.15) is 0 Å². The molecule has 0 fully saturated rings. The molecule has 2 amide bonds. The molecule has 6 nitrogen and oxygen atoms in total. The van der Waals surface area contributed by atoms with Gasteiger partial charge >= 0.3 is 0 Å². The average molecular weight is 592 g/mol. The van der Waals surface area contributed by atoms with Crippen LogP contribution in [0.4, 0.5) is 0 Å². The normalized spacial score (nSPS) is 11.6. The number of rotatable bonds is 12. The van der Waals surface area contributed by atoms with E-state index >= 15 is 0 Å². The molecule has 1 heterocycles. The molecule has 7 heteroatoms. The van der Waals surface area contributed by atoms with E-state index in [9.17, 15) is 9.59 Å². The van der Waals surface area contributed by atoms with E-state index in [4.69, 9.17) is 21.3 Å². The fourth-order valence-corrected chi connectivity index (χ4v) is 5.39. The third-order valence-corrected chi connectivity index (χ3v) is 7.61. The summed E-state index contributed by atoms with van der Waals surface area (Å²) in [6.45, 7) is 2.45. The Morgan fingerprint density at radius 2 is 1.49 bits per heavy atom. The Bertz CT molecular complexity index is 1690. The molecule has 0 aliphatic carbocycles. The highest BCUT2D eigenvalue weighted by Gasteiger charge is 2.25. The topological polar surface area (TPSA) is 80.3 Å². The number of para-hydroxylation sites is 1. The molecule has 43 heavy (non-hydrogen) atoms. The minimum Gasteiger partial charge on any atom is -0.489 e. The van der Waals surface area contributed by atoms with Gasteiger partial charge in [-0.05, 0) is 29.2 Å². The third-order valence-electron chi connectivity index (χ3n) is 7.32. The lowest BCUT2D eigenvalue weighted by Gasteiger charge is -2.21. The standard InChI is InChI=1S/C36H34ClN3O3/c1-2-30(25-13-5-3-6-14-25)40-36(42)33-29-19-11-12-20-31(29)39-34(26-15-7-4-8-16-26)35(33)43-22-21-38-32(41)23-27-17-9-10-18-28(27)24-37/h3-20,30H,2,21-24H2,1H3,(H,38,41)(H,40,42). The number of benzene rings is 4. The van der Waals surface area contributed by atoms with Gasteiger partial charge in [-0.15, -0.1) is 11.6 Å². The van der Waals surface area contributed by atoms with Crippen molar-refractivity contribution in [1.82, 2.24) is 15.6 Å². The van der Waals surface area contributed by atoms with Crippen molar-refractivity contribution in [3.63, 3.8) is 0 Å². The smallest absolute Gasteiger partial charge is 0.256 e. The van der Waals surface area contributed by atoms with Crippen LogP contribution in [0.3, 0.4) is 0 Å². The van der Waals surface area contributed by atoms with Crippen molar-refractivity contribution in [3.8, 4) is 17.0 Å². The Hall–Kier alpha value is -4.68. The number of halogens is 1. The van der Waals surface area contributed by atoms with Crippen LogP contribution in [0.1, 0.15) is 46.4 Å². The first-order valence-corrected chi connectivity index (χ1v) is 15.0. The van der Waals surface area contributed by atoms with Crippen LogP contribution in [0.5, 0.6) is 5.75 Å². The number of ether oxygens (including phenoxy) is 1. The molecular formula is C36H34ClN3O3. The number of alkyl halides is 1. The first-order valence-electron chi connectivity index (χ1n) is 14.4. The van der Waals surface area contributed by atoms with Gasteiger partial charge in [0.15, 0.2) is 5.75 Å². The van der Waals surface area contributed by atoms with Gasteiger partial charge in [0.1, 0.15) is 12.3 Å². The number of nitrogens with zero attached hydrogens (tertiary/aromatic N) is 1. The molecular weight excluding hydrogens is 558 g/mol. The summed E-state index contributed by atoms with van der Waals surface area (Å²) in [5.74, 6) is 0.348. The molecule has 1 atom stereocenters. The summed E-state index contributed by atoms with van der Waals surface area (Å²) in [6.07, 6.45) is 0.945. The van der Waals surface area contributed by atoms with Crippen molar-refractivity contribution in [2.75, 3.05) is 13.2 Å². The Labute approximate surface area is 257 Å². The molecule has 0 spiro atoms. The summed E-state index contributed by atoms with van der Waals surface area (Å²) < 4.78 is 6.36. The van der Waals surface area contributed by atoms with Crippen molar-refractivity contribution in [3.05, 3.63) is 131 Å². The number of hydrogen-bond donors (Lipinski definition) is 2. The van der Waals surface area contributed by atoms with Crippen LogP contribution in [0.2, 0.25) is 0 Å². The van der Waals surface area contributed by atoms with E-state index < -0.39 is 0 Å². The maximum atomic E-state index is 14.1. The quantitative estimate of drug-likeness (QED) is 0.118. The molecule has 1 unspecified atom stereocenters. The molecule has 0 saturated heterocycles. The lowest BCUT2D eigenvalue weighted by Crippen LogP contribution is -2.31. The molecule has 5 rings (SSSR count). The highest BCUT2D eigenvalue weighted by atomic mass is 35.5. The van der Waals surface area contributed by atoms with E-state index in [0.717, 1.165) is 28.7 Å². The predicted molar refractivity (Wildman–Crippen MR) is 172 cm³/mol. The summed E-state index contributed by atoms with van der Waals surface area (Å²) in [5.41, 5.74) is 5.36. The number of pyridine rings is 1. The van der Waals surface area contributed by atoms with Gasteiger partial charge in [-0.1, -0.05) is 110 Å². The Kier molecular flexibility index (Phi) is 10.0.